The van der Waals surface area contributed by atoms with Crippen molar-refractivity contribution < 1.29 is 4.74 Å². The number of likely N-dealkylation sites (N-methyl/N-ethyl adjacent to an activating group) is 1. The van der Waals surface area contributed by atoms with Crippen LogP contribution >= 0.6 is 0 Å². The van der Waals surface area contributed by atoms with Gasteiger partial charge in [-0.3, -0.25) is 4.90 Å². The molecule has 0 aliphatic carbocycles. The molecule has 0 amide bonds. The molecule has 2 heterocycles. The fourth-order valence-electron chi connectivity index (χ4n) is 3.81. The van der Waals surface area contributed by atoms with Gasteiger partial charge in [-0.1, -0.05) is 25.5 Å². The lowest BCUT2D eigenvalue weighted by Crippen LogP contribution is -2.53. The summed E-state index contributed by atoms with van der Waals surface area (Å²) in [5, 5.41) is 3.43. The van der Waals surface area contributed by atoms with Crippen LogP contribution in [0.2, 0.25) is 0 Å². The zero-order valence-corrected chi connectivity index (χ0v) is 13.5. The molecular formula is C18H28N2O. The van der Waals surface area contributed by atoms with Crippen LogP contribution in [-0.2, 0) is 13.0 Å². The summed E-state index contributed by atoms with van der Waals surface area (Å²) >= 11 is 0. The van der Waals surface area contributed by atoms with E-state index < -0.39 is 0 Å². The van der Waals surface area contributed by atoms with Crippen molar-refractivity contribution in [2.24, 2.45) is 0 Å². The van der Waals surface area contributed by atoms with Crippen LogP contribution in [-0.4, -0.2) is 36.7 Å². The molecule has 0 aromatic heterocycles. The molecule has 116 valence electrons. The number of piperidine rings is 1. The molecule has 3 heteroatoms. The molecule has 0 radical (unpaired) electrons. The molecular weight excluding hydrogens is 260 g/mol. The summed E-state index contributed by atoms with van der Waals surface area (Å²) < 4.78 is 6.31. The molecule has 0 saturated carbocycles. The first kappa shape index (κ1) is 14.9. The molecule has 3 nitrogen and oxygen atoms in total. The zero-order chi connectivity index (χ0) is 14.7. The molecule has 1 atom stereocenters. The van der Waals surface area contributed by atoms with Crippen LogP contribution in [0.4, 0.5) is 0 Å². The van der Waals surface area contributed by atoms with Gasteiger partial charge in [0.1, 0.15) is 12.4 Å². The highest BCUT2D eigenvalue weighted by Gasteiger charge is 2.34. The Hall–Kier alpha value is -1.06. The first-order chi connectivity index (χ1) is 10.2. The molecule has 2 aliphatic heterocycles. The van der Waals surface area contributed by atoms with Crippen LogP contribution in [0.5, 0.6) is 5.75 Å². The van der Waals surface area contributed by atoms with Gasteiger partial charge in [0.2, 0.25) is 0 Å². The number of benzene rings is 1. The van der Waals surface area contributed by atoms with E-state index in [1.165, 1.54) is 36.9 Å². The van der Waals surface area contributed by atoms with Gasteiger partial charge in [-0.05, 0) is 63.0 Å². The van der Waals surface area contributed by atoms with E-state index in [4.69, 9.17) is 4.74 Å². The lowest BCUT2D eigenvalue weighted by molar-refractivity contribution is 0.0247. The molecule has 0 spiro atoms. The molecule has 1 N–H and O–H groups in total. The highest BCUT2D eigenvalue weighted by Crippen LogP contribution is 2.31. The van der Waals surface area contributed by atoms with E-state index in [9.17, 15) is 0 Å². The first-order valence-electron chi connectivity index (χ1n) is 8.42. The average molecular weight is 288 g/mol. The second-order valence-electron chi connectivity index (χ2n) is 6.64. The van der Waals surface area contributed by atoms with Crippen LogP contribution in [0.1, 0.15) is 44.2 Å². The minimum absolute atomic E-state index is 0.197. The number of ether oxygens (including phenoxy) is 1. The van der Waals surface area contributed by atoms with Gasteiger partial charge in [0.15, 0.2) is 0 Å². The molecule has 21 heavy (non-hydrogen) atoms. The fraction of sp³-hybridized carbons (Fsp3) is 0.667. The van der Waals surface area contributed by atoms with Crippen molar-refractivity contribution >= 4 is 0 Å². The van der Waals surface area contributed by atoms with Crippen molar-refractivity contribution in [2.45, 2.75) is 51.6 Å². The second-order valence-corrected chi connectivity index (χ2v) is 6.64. The lowest BCUT2D eigenvalue weighted by Gasteiger charge is -2.44. The predicted molar refractivity (Wildman–Crippen MR) is 86.9 cm³/mol. The molecule has 0 bridgehead atoms. The Labute approximate surface area is 128 Å². The smallest absolute Gasteiger partial charge is 0.122 e. The van der Waals surface area contributed by atoms with Crippen molar-refractivity contribution in [3.8, 4) is 5.75 Å². The highest BCUT2D eigenvalue weighted by molar-refractivity contribution is 5.41. The first-order valence-corrected chi connectivity index (χ1v) is 8.42. The van der Waals surface area contributed by atoms with Crippen molar-refractivity contribution in [1.29, 1.82) is 0 Å². The second kappa shape index (κ2) is 6.37. The van der Waals surface area contributed by atoms with Gasteiger partial charge in [-0.15, -0.1) is 0 Å². The van der Waals surface area contributed by atoms with E-state index in [0.29, 0.717) is 0 Å². The van der Waals surface area contributed by atoms with Gasteiger partial charge in [-0.25, -0.2) is 0 Å². The molecule has 3 rings (SSSR count). The summed E-state index contributed by atoms with van der Waals surface area (Å²) in [5.41, 5.74) is 3.02. The molecule has 1 aromatic carbocycles. The van der Waals surface area contributed by atoms with E-state index in [1.54, 1.807) is 0 Å². The normalized spacial score (nSPS) is 26.4. The Kier molecular flexibility index (Phi) is 4.51. The van der Waals surface area contributed by atoms with Crippen LogP contribution < -0.4 is 10.1 Å². The Morgan fingerprint density at radius 2 is 2.24 bits per heavy atom. The van der Waals surface area contributed by atoms with Crippen molar-refractivity contribution in [3.05, 3.63) is 29.3 Å². The number of hydrogen-bond acceptors (Lipinski definition) is 3. The topological polar surface area (TPSA) is 24.5 Å². The SMILES string of the molecule is CCN1CCCCC1(C)COc1cccc2c1CCNC2. The van der Waals surface area contributed by atoms with Crippen LogP contribution in [0.15, 0.2) is 18.2 Å². The number of rotatable bonds is 4. The van der Waals surface area contributed by atoms with E-state index in [-0.39, 0.29) is 5.54 Å². The Morgan fingerprint density at radius 1 is 1.33 bits per heavy atom. The molecule has 1 aromatic rings. The Balaban J connectivity index is 1.72. The van der Waals surface area contributed by atoms with Crippen molar-refractivity contribution in [2.75, 3.05) is 26.2 Å². The molecule has 2 aliphatic rings. The number of likely N-dealkylation sites (tertiary alicyclic amines) is 1. The maximum absolute atomic E-state index is 6.31. The maximum atomic E-state index is 6.31. The number of nitrogens with zero attached hydrogens (tertiary/aromatic N) is 1. The molecule has 1 saturated heterocycles. The van der Waals surface area contributed by atoms with Gasteiger partial charge in [0.05, 0.1) is 5.54 Å². The summed E-state index contributed by atoms with van der Waals surface area (Å²) in [6.45, 7) is 9.82. The molecule has 1 unspecified atom stereocenters. The quantitative estimate of drug-likeness (QED) is 0.922. The van der Waals surface area contributed by atoms with Crippen LogP contribution in [0.3, 0.4) is 0 Å². The minimum atomic E-state index is 0.197. The predicted octanol–water partition coefficient (Wildman–Crippen LogP) is 2.98. The minimum Gasteiger partial charge on any atom is -0.491 e. The van der Waals surface area contributed by atoms with Crippen LogP contribution in [0.25, 0.3) is 0 Å². The van der Waals surface area contributed by atoms with Crippen molar-refractivity contribution in [3.63, 3.8) is 0 Å². The van der Waals surface area contributed by atoms with Gasteiger partial charge < -0.3 is 10.1 Å². The summed E-state index contributed by atoms with van der Waals surface area (Å²) in [5.74, 6) is 1.11. The highest BCUT2D eigenvalue weighted by atomic mass is 16.5. The van der Waals surface area contributed by atoms with E-state index in [2.05, 4.69) is 42.3 Å². The summed E-state index contributed by atoms with van der Waals surface area (Å²) in [6.07, 6.45) is 4.99. The van der Waals surface area contributed by atoms with Gasteiger partial charge >= 0.3 is 0 Å². The zero-order valence-electron chi connectivity index (χ0n) is 13.5. The van der Waals surface area contributed by atoms with E-state index >= 15 is 0 Å². The largest absolute Gasteiger partial charge is 0.491 e. The maximum Gasteiger partial charge on any atom is 0.122 e. The summed E-state index contributed by atoms with van der Waals surface area (Å²) in [7, 11) is 0. The van der Waals surface area contributed by atoms with Crippen LogP contribution in [0, 0.1) is 0 Å². The molecule has 1 fully saturated rings. The van der Waals surface area contributed by atoms with E-state index in [0.717, 1.165) is 38.4 Å². The van der Waals surface area contributed by atoms with Gasteiger partial charge in [-0.2, -0.15) is 0 Å². The Bertz CT molecular complexity index is 488. The van der Waals surface area contributed by atoms with Gasteiger partial charge in [0.25, 0.3) is 0 Å². The summed E-state index contributed by atoms with van der Waals surface area (Å²) in [4.78, 5) is 2.59. The monoisotopic (exact) mass is 288 g/mol. The third-order valence-corrected chi connectivity index (χ3v) is 5.17. The van der Waals surface area contributed by atoms with Gasteiger partial charge in [0, 0.05) is 6.54 Å². The average Bonchev–Trinajstić information content (AvgIpc) is 2.53. The number of hydrogen-bond donors (Lipinski definition) is 1. The van der Waals surface area contributed by atoms with Crippen molar-refractivity contribution in [1.82, 2.24) is 10.2 Å². The fourth-order valence-corrected chi connectivity index (χ4v) is 3.81. The standard InChI is InChI=1S/C18H28N2O/c1-3-20-12-5-4-10-18(20,2)14-21-17-8-6-7-15-13-19-11-9-16(15)17/h6-8,19H,3-5,9-14H2,1-2H3. The number of nitrogens with one attached hydrogen (secondary N) is 1. The third-order valence-electron chi connectivity index (χ3n) is 5.17. The third kappa shape index (κ3) is 3.09. The van der Waals surface area contributed by atoms with E-state index in [1.807, 2.05) is 0 Å². The lowest BCUT2D eigenvalue weighted by atomic mass is 9.89. The Morgan fingerprint density at radius 3 is 3.10 bits per heavy atom. The number of fused-ring (bicyclic) bond motifs is 1. The summed E-state index contributed by atoms with van der Waals surface area (Å²) in [6, 6.07) is 6.49.